The Morgan fingerprint density at radius 3 is 2.83 bits per heavy atom. The van der Waals surface area contributed by atoms with Gasteiger partial charge in [0.25, 0.3) is 5.56 Å². The van der Waals surface area contributed by atoms with Gasteiger partial charge in [0.15, 0.2) is 0 Å². The fraction of sp³-hybridized carbons (Fsp3) is 0.571. The van der Waals surface area contributed by atoms with Crippen molar-refractivity contribution in [2.24, 2.45) is 5.92 Å². The summed E-state index contributed by atoms with van der Waals surface area (Å²) in [5, 5.41) is 0. The Bertz CT molecular complexity index is 467. The first-order chi connectivity index (χ1) is 8.70. The molecule has 1 atom stereocenters. The molecule has 0 aliphatic carbocycles. The summed E-state index contributed by atoms with van der Waals surface area (Å²) in [6.45, 7) is 5.28. The molecule has 0 aromatic carbocycles. The number of pyridine rings is 1. The third-order valence-corrected chi connectivity index (χ3v) is 3.66. The molecule has 18 heavy (non-hydrogen) atoms. The van der Waals surface area contributed by atoms with Gasteiger partial charge in [0, 0.05) is 50.8 Å². The van der Waals surface area contributed by atoms with Gasteiger partial charge in [-0.05, 0) is 12.5 Å². The Morgan fingerprint density at radius 1 is 1.28 bits per heavy atom. The van der Waals surface area contributed by atoms with Crippen molar-refractivity contribution in [1.82, 2.24) is 9.47 Å². The van der Waals surface area contributed by atoms with E-state index in [4.69, 9.17) is 0 Å². The largest absolute Gasteiger partial charge is 0.314 e. The van der Waals surface area contributed by atoms with Crippen molar-refractivity contribution in [1.29, 1.82) is 0 Å². The predicted molar refractivity (Wildman–Crippen MR) is 70.5 cm³/mol. The van der Waals surface area contributed by atoms with E-state index >= 15 is 0 Å². The third kappa shape index (κ3) is 3.07. The van der Waals surface area contributed by atoms with Crippen LogP contribution < -0.4 is 5.56 Å². The zero-order valence-corrected chi connectivity index (χ0v) is 10.8. The maximum Gasteiger partial charge on any atom is 0.250 e. The van der Waals surface area contributed by atoms with E-state index in [0.717, 1.165) is 26.1 Å². The topological polar surface area (TPSA) is 42.3 Å². The van der Waals surface area contributed by atoms with Crippen molar-refractivity contribution in [2.45, 2.75) is 26.3 Å². The van der Waals surface area contributed by atoms with Crippen molar-refractivity contribution in [3.05, 3.63) is 34.7 Å². The van der Waals surface area contributed by atoms with Gasteiger partial charge in [0.2, 0.25) is 0 Å². The SMILES string of the molecule is CCC1CN(CCn2ccccc2=O)CCC1=O. The van der Waals surface area contributed by atoms with Crippen molar-refractivity contribution in [3.8, 4) is 0 Å². The summed E-state index contributed by atoms with van der Waals surface area (Å²) in [5.74, 6) is 0.580. The molecule has 2 heterocycles. The first-order valence-corrected chi connectivity index (χ1v) is 6.61. The van der Waals surface area contributed by atoms with Crippen LogP contribution in [0.5, 0.6) is 0 Å². The smallest absolute Gasteiger partial charge is 0.250 e. The highest BCUT2D eigenvalue weighted by atomic mass is 16.1. The lowest BCUT2D eigenvalue weighted by atomic mass is 9.94. The lowest BCUT2D eigenvalue weighted by Crippen LogP contribution is -2.42. The van der Waals surface area contributed by atoms with E-state index in [1.54, 1.807) is 16.7 Å². The Kier molecular flexibility index (Phi) is 4.31. The molecule has 0 N–H and O–H groups in total. The molecular formula is C14H20N2O2. The summed E-state index contributed by atoms with van der Waals surface area (Å²) in [5.41, 5.74) is 0.0395. The second kappa shape index (κ2) is 5.96. The van der Waals surface area contributed by atoms with Crippen LogP contribution in [0.4, 0.5) is 0 Å². The van der Waals surface area contributed by atoms with Gasteiger partial charge in [-0.15, -0.1) is 0 Å². The molecule has 1 aromatic heterocycles. The van der Waals surface area contributed by atoms with Crippen LogP contribution in [0, 0.1) is 5.92 Å². The van der Waals surface area contributed by atoms with Crippen LogP contribution in [0.1, 0.15) is 19.8 Å². The highest BCUT2D eigenvalue weighted by Gasteiger charge is 2.25. The number of carbonyl (C=O) groups excluding carboxylic acids is 1. The lowest BCUT2D eigenvalue weighted by molar-refractivity contribution is -0.126. The van der Waals surface area contributed by atoms with E-state index in [0.29, 0.717) is 18.7 Å². The van der Waals surface area contributed by atoms with Gasteiger partial charge < -0.3 is 9.47 Å². The monoisotopic (exact) mass is 248 g/mol. The maximum absolute atomic E-state index is 11.6. The summed E-state index contributed by atoms with van der Waals surface area (Å²) in [6.07, 6.45) is 3.39. The van der Waals surface area contributed by atoms with Crippen LogP contribution in [0.25, 0.3) is 0 Å². The van der Waals surface area contributed by atoms with Gasteiger partial charge in [0.1, 0.15) is 5.78 Å². The minimum Gasteiger partial charge on any atom is -0.314 e. The van der Waals surface area contributed by atoms with Crippen LogP contribution in [0.2, 0.25) is 0 Å². The van der Waals surface area contributed by atoms with Crippen LogP contribution in [-0.2, 0) is 11.3 Å². The highest BCUT2D eigenvalue weighted by molar-refractivity contribution is 5.82. The molecule has 4 nitrogen and oxygen atoms in total. The number of nitrogens with zero attached hydrogens (tertiary/aromatic N) is 2. The van der Waals surface area contributed by atoms with Crippen molar-refractivity contribution in [2.75, 3.05) is 19.6 Å². The Morgan fingerprint density at radius 2 is 2.11 bits per heavy atom. The predicted octanol–water partition coefficient (Wildman–Crippen LogP) is 1.15. The Labute approximate surface area is 107 Å². The minimum atomic E-state index is 0.0395. The van der Waals surface area contributed by atoms with Crippen molar-refractivity contribution >= 4 is 5.78 Å². The molecule has 1 saturated heterocycles. The number of carbonyl (C=O) groups is 1. The second-order valence-corrected chi connectivity index (χ2v) is 4.85. The van der Waals surface area contributed by atoms with Crippen LogP contribution in [-0.4, -0.2) is 34.9 Å². The summed E-state index contributed by atoms with van der Waals surface area (Å²) < 4.78 is 1.72. The summed E-state index contributed by atoms with van der Waals surface area (Å²) in [6, 6.07) is 5.20. The van der Waals surface area contributed by atoms with Gasteiger partial charge in [-0.2, -0.15) is 0 Å². The molecule has 0 amide bonds. The van der Waals surface area contributed by atoms with Crippen molar-refractivity contribution in [3.63, 3.8) is 0 Å². The molecule has 1 aliphatic rings. The number of ketones is 1. The van der Waals surface area contributed by atoms with Gasteiger partial charge in [-0.1, -0.05) is 13.0 Å². The van der Waals surface area contributed by atoms with Crippen molar-refractivity contribution < 1.29 is 4.79 Å². The molecule has 2 rings (SSSR count). The zero-order valence-electron chi connectivity index (χ0n) is 10.8. The molecular weight excluding hydrogens is 228 g/mol. The summed E-state index contributed by atoms with van der Waals surface area (Å²) >= 11 is 0. The van der Waals surface area contributed by atoms with E-state index < -0.39 is 0 Å². The van der Waals surface area contributed by atoms with E-state index in [9.17, 15) is 9.59 Å². The molecule has 0 radical (unpaired) electrons. The molecule has 1 aliphatic heterocycles. The minimum absolute atomic E-state index is 0.0395. The zero-order chi connectivity index (χ0) is 13.0. The fourth-order valence-corrected chi connectivity index (χ4v) is 2.43. The molecule has 0 saturated carbocycles. The van der Waals surface area contributed by atoms with Gasteiger partial charge in [-0.3, -0.25) is 9.59 Å². The number of piperidine rings is 1. The number of hydrogen-bond acceptors (Lipinski definition) is 3. The fourth-order valence-electron chi connectivity index (χ4n) is 2.43. The number of hydrogen-bond donors (Lipinski definition) is 0. The second-order valence-electron chi connectivity index (χ2n) is 4.85. The lowest BCUT2D eigenvalue weighted by Gasteiger charge is -2.31. The molecule has 98 valence electrons. The van der Waals surface area contributed by atoms with Crippen LogP contribution in [0.3, 0.4) is 0 Å². The Balaban J connectivity index is 1.89. The van der Waals surface area contributed by atoms with Gasteiger partial charge in [0.05, 0.1) is 0 Å². The van der Waals surface area contributed by atoms with Crippen LogP contribution >= 0.6 is 0 Å². The van der Waals surface area contributed by atoms with E-state index in [1.165, 1.54) is 0 Å². The van der Waals surface area contributed by atoms with E-state index in [2.05, 4.69) is 11.8 Å². The maximum atomic E-state index is 11.6. The number of likely N-dealkylation sites (tertiary alicyclic amines) is 1. The van der Waals surface area contributed by atoms with E-state index in [-0.39, 0.29) is 11.5 Å². The summed E-state index contributed by atoms with van der Waals surface area (Å²) in [7, 11) is 0. The summed E-state index contributed by atoms with van der Waals surface area (Å²) in [4.78, 5) is 25.5. The third-order valence-electron chi connectivity index (χ3n) is 3.66. The number of rotatable bonds is 4. The molecule has 1 unspecified atom stereocenters. The molecule has 4 heteroatoms. The van der Waals surface area contributed by atoms with E-state index in [1.807, 2.05) is 12.3 Å². The van der Waals surface area contributed by atoms with Crippen LogP contribution in [0.15, 0.2) is 29.2 Å². The Hall–Kier alpha value is -1.42. The average Bonchev–Trinajstić information content (AvgIpc) is 2.39. The first kappa shape index (κ1) is 13.0. The quantitative estimate of drug-likeness (QED) is 0.802. The standard InChI is InChI=1S/C14H20N2O2/c1-2-12-11-15(8-6-13(12)17)9-10-16-7-4-3-5-14(16)18/h3-5,7,12H,2,6,8-11H2,1H3. The molecule has 1 aromatic rings. The number of Topliss-reactive ketones (excluding diaryl/α,β-unsaturated/α-hetero) is 1. The molecule has 1 fully saturated rings. The highest BCUT2D eigenvalue weighted by Crippen LogP contribution is 2.15. The first-order valence-electron chi connectivity index (χ1n) is 6.61. The van der Waals surface area contributed by atoms with Gasteiger partial charge in [-0.25, -0.2) is 0 Å². The number of aromatic nitrogens is 1. The molecule has 0 bridgehead atoms. The normalized spacial score (nSPS) is 21.2. The molecule has 0 spiro atoms. The van der Waals surface area contributed by atoms with Gasteiger partial charge >= 0.3 is 0 Å². The average molecular weight is 248 g/mol.